The summed E-state index contributed by atoms with van der Waals surface area (Å²) >= 11 is 6.89. The van der Waals surface area contributed by atoms with Gasteiger partial charge in [-0.25, -0.2) is 0 Å². The van der Waals surface area contributed by atoms with E-state index in [9.17, 15) is 5.11 Å². The summed E-state index contributed by atoms with van der Waals surface area (Å²) in [6.07, 6.45) is 2.83. The first kappa shape index (κ1) is 13.7. The van der Waals surface area contributed by atoms with E-state index in [0.29, 0.717) is 0 Å². The Kier molecular flexibility index (Phi) is 3.87. The smallest absolute Gasteiger partial charge is 0.106 e. The second-order valence-electron chi connectivity index (χ2n) is 4.56. The molecule has 1 aromatic heterocycles. The van der Waals surface area contributed by atoms with Gasteiger partial charge in [0.25, 0.3) is 0 Å². The number of aromatic nitrogens is 1. The minimum atomic E-state index is -0.706. The fraction of sp³-hybridized carbons (Fsp3) is 0.0625. The number of aliphatic hydroxyl groups excluding tert-OH is 1. The number of hydrogen-bond acceptors (Lipinski definition) is 2. The molecule has 0 saturated heterocycles. The largest absolute Gasteiger partial charge is 0.384 e. The first-order valence-corrected chi connectivity index (χ1v) is 7.70. The first-order chi connectivity index (χ1) is 9.65. The van der Waals surface area contributed by atoms with Crippen LogP contribution in [0.25, 0.3) is 10.8 Å². The van der Waals surface area contributed by atoms with E-state index in [1.807, 2.05) is 48.7 Å². The van der Waals surface area contributed by atoms with Gasteiger partial charge in [-0.2, -0.15) is 0 Å². The van der Waals surface area contributed by atoms with Crippen LogP contribution in [-0.2, 0) is 0 Å². The molecule has 3 aromatic rings. The lowest BCUT2D eigenvalue weighted by Gasteiger charge is -2.14. The predicted molar refractivity (Wildman–Crippen MR) is 87.6 cm³/mol. The molecule has 1 N–H and O–H groups in total. The minimum Gasteiger partial charge on any atom is -0.384 e. The highest BCUT2D eigenvalue weighted by Gasteiger charge is 2.15. The lowest BCUT2D eigenvalue weighted by Crippen LogP contribution is -2.01. The number of fused-ring (bicyclic) bond motifs is 1. The number of hydrogen-bond donors (Lipinski definition) is 1. The first-order valence-electron chi connectivity index (χ1n) is 6.12. The van der Waals surface area contributed by atoms with Crippen molar-refractivity contribution in [3.05, 3.63) is 74.9 Å². The second-order valence-corrected chi connectivity index (χ2v) is 6.39. The van der Waals surface area contributed by atoms with Gasteiger partial charge in [0.2, 0.25) is 0 Å². The van der Waals surface area contributed by atoms with E-state index in [2.05, 4.69) is 36.8 Å². The van der Waals surface area contributed by atoms with Gasteiger partial charge in [-0.1, -0.05) is 56.1 Å². The van der Waals surface area contributed by atoms with E-state index in [1.165, 1.54) is 0 Å². The average molecular weight is 393 g/mol. The number of rotatable bonds is 2. The van der Waals surface area contributed by atoms with Crippen LogP contribution in [0.5, 0.6) is 0 Å². The highest BCUT2D eigenvalue weighted by Crippen LogP contribution is 2.31. The van der Waals surface area contributed by atoms with Gasteiger partial charge in [0.1, 0.15) is 6.10 Å². The van der Waals surface area contributed by atoms with Crippen LogP contribution in [-0.4, -0.2) is 10.1 Å². The number of benzene rings is 2. The summed E-state index contributed by atoms with van der Waals surface area (Å²) in [5, 5.41) is 12.7. The molecule has 0 aliphatic heterocycles. The number of aliphatic hydroxyl groups is 1. The normalized spacial score (nSPS) is 12.6. The highest BCUT2D eigenvalue weighted by atomic mass is 79.9. The van der Waals surface area contributed by atoms with Gasteiger partial charge >= 0.3 is 0 Å². The maximum atomic E-state index is 10.7. The van der Waals surface area contributed by atoms with Crippen LogP contribution >= 0.6 is 31.9 Å². The third-order valence-corrected chi connectivity index (χ3v) is 4.11. The zero-order chi connectivity index (χ0) is 14.1. The lowest BCUT2D eigenvalue weighted by molar-refractivity contribution is 0.221. The summed E-state index contributed by atoms with van der Waals surface area (Å²) in [7, 11) is 0. The van der Waals surface area contributed by atoms with Crippen molar-refractivity contribution in [1.29, 1.82) is 0 Å². The van der Waals surface area contributed by atoms with E-state index >= 15 is 0 Å². The van der Waals surface area contributed by atoms with E-state index in [4.69, 9.17) is 0 Å². The van der Waals surface area contributed by atoms with Crippen molar-refractivity contribution >= 4 is 42.6 Å². The Balaban J connectivity index is 2.15. The topological polar surface area (TPSA) is 33.1 Å². The fourth-order valence-corrected chi connectivity index (χ4v) is 3.60. The molecule has 4 heteroatoms. The minimum absolute atomic E-state index is 0.706. The van der Waals surface area contributed by atoms with Gasteiger partial charge in [-0.05, 0) is 29.1 Å². The van der Waals surface area contributed by atoms with Crippen molar-refractivity contribution in [2.45, 2.75) is 6.10 Å². The standard InChI is InChI=1S/C16H11Br2NO/c17-12-5-11(6-13(18)7-12)16(20)15-9-19-8-10-3-1-2-4-14(10)15/h1-9,16,20H. The summed E-state index contributed by atoms with van der Waals surface area (Å²) in [4.78, 5) is 4.22. The van der Waals surface area contributed by atoms with Gasteiger partial charge in [-0.15, -0.1) is 0 Å². The molecule has 3 rings (SSSR count). The molecule has 1 unspecified atom stereocenters. The predicted octanol–water partition coefficient (Wildman–Crippen LogP) is 4.84. The molecule has 1 atom stereocenters. The summed E-state index contributed by atoms with van der Waals surface area (Å²) in [5.74, 6) is 0. The van der Waals surface area contributed by atoms with Crippen LogP contribution in [0.1, 0.15) is 17.2 Å². The van der Waals surface area contributed by atoms with E-state index in [0.717, 1.165) is 30.8 Å². The number of nitrogens with zero attached hydrogens (tertiary/aromatic N) is 1. The van der Waals surface area contributed by atoms with Crippen LogP contribution in [0.3, 0.4) is 0 Å². The van der Waals surface area contributed by atoms with Gasteiger partial charge in [0, 0.05) is 32.3 Å². The molecule has 0 aliphatic carbocycles. The molecule has 0 spiro atoms. The van der Waals surface area contributed by atoms with Crippen molar-refractivity contribution in [2.75, 3.05) is 0 Å². The highest BCUT2D eigenvalue weighted by molar-refractivity contribution is 9.11. The maximum Gasteiger partial charge on any atom is 0.106 e. The zero-order valence-corrected chi connectivity index (χ0v) is 13.6. The summed E-state index contributed by atoms with van der Waals surface area (Å²) < 4.78 is 1.85. The van der Waals surface area contributed by atoms with Gasteiger partial charge in [-0.3, -0.25) is 4.98 Å². The van der Waals surface area contributed by atoms with Crippen molar-refractivity contribution < 1.29 is 5.11 Å². The average Bonchev–Trinajstić information content (AvgIpc) is 2.45. The van der Waals surface area contributed by atoms with E-state index < -0.39 is 6.10 Å². The van der Waals surface area contributed by atoms with Crippen LogP contribution < -0.4 is 0 Å². The Morgan fingerprint density at radius 1 is 0.950 bits per heavy atom. The molecule has 0 aliphatic rings. The van der Waals surface area contributed by atoms with Crippen molar-refractivity contribution in [3.8, 4) is 0 Å². The summed E-state index contributed by atoms with van der Waals surface area (Å²) in [6, 6.07) is 13.7. The van der Waals surface area contributed by atoms with Crippen LogP contribution in [0.2, 0.25) is 0 Å². The molecule has 0 radical (unpaired) electrons. The van der Waals surface area contributed by atoms with Gasteiger partial charge < -0.3 is 5.11 Å². The van der Waals surface area contributed by atoms with Crippen LogP contribution in [0.15, 0.2) is 63.8 Å². The van der Waals surface area contributed by atoms with Crippen LogP contribution in [0.4, 0.5) is 0 Å². The van der Waals surface area contributed by atoms with Gasteiger partial charge in [0.05, 0.1) is 0 Å². The molecule has 2 nitrogen and oxygen atoms in total. The fourth-order valence-electron chi connectivity index (χ4n) is 2.27. The van der Waals surface area contributed by atoms with E-state index in [1.54, 1.807) is 6.20 Å². The van der Waals surface area contributed by atoms with Crippen molar-refractivity contribution in [2.24, 2.45) is 0 Å². The molecular weight excluding hydrogens is 382 g/mol. The molecule has 0 amide bonds. The molecule has 0 fully saturated rings. The third-order valence-electron chi connectivity index (χ3n) is 3.19. The monoisotopic (exact) mass is 391 g/mol. The van der Waals surface area contributed by atoms with Crippen LogP contribution in [0, 0.1) is 0 Å². The molecule has 20 heavy (non-hydrogen) atoms. The quantitative estimate of drug-likeness (QED) is 0.676. The molecule has 0 saturated carbocycles. The summed E-state index contributed by atoms with van der Waals surface area (Å²) in [6.45, 7) is 0. The Bertz CT molecular complexity index is 748. The second kappa shape index (κ2) is 5.64. The number of pyridine rings is 1. The molecular formula is C16H11Br2NO. The Hall–Kier alpha value is -1.23. The Morgan fingerprint density at radius 2 is 1.65 bits per heavy atom. The van der Waals surface area contributed by atoms with Crippen molar-refractivity contribution in [3.63, 3.8) is 0 Å². The molecule has 100 valence electrons. The molecule has 1 heterocycles. The molecule has 2 aromatic carbocycles. The SMILES string of the molecule is OC(c1cc(Br)cc(Br)c1)c1cncc2ccccc12. The third kappa shape index (κ3) is 2.64. The van der Waals surface area contributed by atoms with Gasteiger partial charge in [0.15, 0.2) is 0 Å². The zero-order valence-electron chi connectivity index (χ0n) is 10.4. The Morgan fingerprint density at radius 3 is 2.40 bits per heavy atom. The Labute approximate surface area is 133 Å². The van der Waals surface area contributed by atoms with Crippen molar-refractivity contribution in [1.82, 2.24) is 4.98 Å². The maximum absolute atomic E-state index is 10.7. The molecule has 0 bridgehead atoms. The summed E-state index contributed by atoms with van der Waals surface area (Å²) in [5.41, 5.74) is 1.64. The van der Waals surface area contributed by atoms with E-state index in [-0.39, 0.29) is 0 Å². The lowest BCUT2D eigenvalue weighted by atomic mass is 9.98. The number of halogens is 2.